The molecule has 1 atom stereocenters. The fourth-order valence-corrected chi connectivity index (χ4v) is 0.706. The maximum absolute atomic E-state index is 5.52. The van der Waals surface area contributed by atoms with Crippen LogP contribution < -0.4 is 5.84 Å². The second-order valence-corrected chi connectivity index (χ2v) is 4.21. The molecule has 0 heterocycles. The minimum atomic E-state index is 0.369. The summed E-state index contributed by atoms with van der Waals surface area (Å²) in [6.07, 6.45) is 0. The highest BCUT2D eigenvalue weighted by atomic mass is 15.4. The van der Waals surface area contributed by atoms with Crippen molar-refractivity contribution in [2.75, 3.05) is 13.6 Å². The van der Waals surface area contributed by atoms with Gasteiger partial charge in [-0.1, -0.05) is 27.7 Å². The monoisotopic (exact) mass is 144 g/mol. The van der Waals surface area contributed by atoms with Crippen LogP contribution in [0.4, 0.5) is 0 Å². The molecular weight excluding hydrogens is 124 g/mol. The van der Waals surface area contributed by atoms with E-state index in [1.165, 1.54) is 0 Å². The Labute approximate surface area is 64.4 Å². The summed E-state index contributed by atoms with van der Waals surface area (Å²) in [5, 5.41) is 1.75. The molecule has 0 fully saturated rings. The first-order chi connectivity index (χ1) is 4.34. The number of nitrogens with two attached hydrogens (primary N) is 1. The summed E-state index contributed by atoms with van der Waals surface area (Å²) >= 11 is 0. The highest BCUT2D eigenvalue weighted by Crippen LogP contribution is 2.24. The quantitative estimate of drug-likeness (QED) is 0.470. The molecule has 0 saturated heterocycles. The number of hydrogen-bond donors (Lipinski definition) is 1. The molecular formula is C8H20N2. The van der Waals surface area contributed by atoms with Crippen molar-refractivity contribution in [1.82, 2.24) is 5.01 Å². The molecule has 0 saturated carbocycles. The molecule has 0 aromatic rings. The number of rotatable bonds is 2. The highest BCUT2D eigenvalue weighted by molar-refractivity contribution is 4.70. The van der Waals surface area contributed by atoms with Crippen LogP contribution in [0.25, 0.3) is 0 Å². The Morgan fingerprint density at radius 1 is 1.40 bits per heavy atom. The molecule has 0 aromatic heterocycles. The Balaban J connectivity index is 3.73. The van der Waals surface area contributed by atoms with Crippen LogP contribution in [0, 0.1) is 11.3 Å². The van der Waals surface area contributed by atoms with Crippen molar-refractivity contribution < 1.29 is 0 Å². The van der Waals surface area contributed by atoms with Crippen molar-refractivity contribution in [3.63, 3.8) is 0 Å². The van der Waals surface area contributed by atoms with Gasteiger partial charge in [0.15, 0.2) is 0 Å². The van der Waals surface area contributed by atoms with E-state index in [0.717, 1.165) is 6.54 Å². The minimum absolute atomic E-state index is 0.369. The van der Waals surface area contributed by atoms with E-state index in [0.29, 0.717) is 11.3 Å². The molecule has 2 nitrogen and oxygen atoms in total. The summed E-state index contributed by atoms with van der Waals surface area (Å²) in [7, 11) is 1.90. The van der Waals surface area contributed by atoms with Gasteiger partial charge in [-0.15, -0.1) is 0 Å². The van der Waals surface area contributed by atoms with Crippen LogP contribution in [0.15, 0.2) is 0 Å². The van der Waals surface area contributed by atoms with Crippen molar-refractivity contribution in [3.05, 3.63) is 0 Å². The molecule has 0 amide bonds. The van der Waals surface area contributed by atoms with Crippen molar-refractivity contribution in [1.29, 1.82) is 0 Å². The first-order valence-corrected chi connectivity index (χ1v) is 3.80. The summed E-state index contributed by atoms with van der Waals surface area (Å²) in [5.74, 6) is 6.16. The van der Waals surface area contributed by atoms with Crippen LogP contribution in [0.2, 0.25) is 0 Å². The fourth-order valence-electron chi connectivity index (χ4n) is 0.706. The van der Waals surface area contributed by atoms with E-state index in [9.17, 15) is 0 Å². The zero-order chi connectivity index (χ0) is 8.36. The average Bonchev–Trinajstić information content (AvgIpc) is 1.60. The van der Waals surface area contributed by atoms with E-state index in [-0.39, 0.29) is 0 Å². The minimum Gasteiger partial charge on any atom is -0.269 e. The molecule has 0 bridgehead atoms. The second-order valence-electron chi connectivity index (χ2n) is 4.21. The van der Waals surface area contributed by atoms with Crippen LogP contribution in [0.3, 0.4) is 0 Å². The van der Waals surface area contributed by atoms with Gasteiger partial charge in [0, 0.05) is 13.6 Å². The Kier molecular flexibility index (Phi) is 3.33. The number of nitrogens with zero attached hydrogens (tertiary/aromatic N) is 1. The lowest BCUT2D eigenvalue weighted by molar-refractivity contribution is 0.185. The van der Waals surface area contributed by atoms with Crippen LogP contribution >= 0.6 is 0 Å². The van der Waals surface area contributed by atoms with Crippen molar-refractivity contribution >= 4 is 0 Å². The van der Waals surface area contributed by atoms with Gasteiger partial charge >= 0.3 is 0 Å². The van der Waals surface area contributed by atoms with Crippen LogP contribution in [0.1, 0.15) is 27.7 Å². The van der Waals surface area contributed by atoms with E-state index in [1.54, 1.807) is 5.01 Å². The Bertz CT molecular complexity index is 91.9. The van der Waals surface area contributed by atoms with E-state index in [2.05, 4.69) is 27.7 Å². The molecule has 1 unspecified atom stereocenters. The van der Waals surface area contributed by atoms with E-state index >= 15 is 0 Å². The summed E-state index contributed by atoms with van der Waals surface area (Å²) in [6.45, 7) is 9.90. The van der Waals surface area contributed by atoms with Gasteiger partial charge < -0.3 is 0 Å². The maximum atomic E-state index is 5.52. The largest absolute Gasteiger partial charge is 0.269 e. The summed E-state index contributed by atoms with van der Waals surface area (Å²) < 4.78 is 0. The van der Waals surface area contributed by atoms with Gasteiger partial charge in [0.2, 0.25) is 0 Å². The smallest absolute Gasteiger partial charge is 0.0156 e. The summed E-state index contributed by atoms with van der Waals surface area (Å²) in [6, 6.07) is 0. The second kappa shape index (κ2) is 3.35. The third-order valence-corrected chi connectivity index (χ3v) is 2.04. The third-order valence-electron chi connectivity index (χ3n) is 2.04. The lowest BCUT2D eigenvalue weighted by atomic mass is 9.82. The molecule has 2 heteroatoms. The topological polar surface area (TPSA) is 29.3 Å². The van der Waals surface area contributed by atoms with Gasteiger partial charge in [0.1, 0.15) is 0 Å². The maximum Gasteiger partial charge on any atom is 0.0156 e. The van der Waals surface area contributed by atoms with Gasteiger partial charge in [0.05, 0.1) is 0 Å². The van der Waals surface area contributed by atoms with E-state index in [1.807, 2.05) is 7.05 Å². The molecule has 62 valence electrons. The molecule has 10 heavy (non-hydrogen) atoms. The van der Waals surface area contributed by atoms with E-state index < -0.39 is 0 Å². The van der Waals surface area contributed by atoms with Gasteiger partial charge in [-0.2, -0.15) is 0 Å². The molecule has 0 aliphatic rings. The highest BCUT2D eigenvalue weighted by Gasteiger charge is 2.19. The molecule has 0 spiro atoms. The molecule has 0 radical (unpaired) electrons. The lowest BCUT2D eigenvalue weighted by Gasteiger charge is -2.29. The van der Waals surface area contributed by atoms with E-state index in [4.69, 9.17) is 5.84 Å². The normalized spacial score (nSPS) is 15.9. The first kappa shape index (κ1) is 9.92. The predicted molar refractivity (Wildman–Crippen MR) is 45.4 cm³/mol. The predicted octanol–water partition coefficient (Wildman–Crippen LogP) is 1.47. The summed E-state index contributed by atoms with van der Waals surface area (Å²) in [5.41, 5.74) is 0.369. The Morgan fingerprint density at radius 2 is 1.80 bits per heavy atom. The van der Waals surface area contributed by atoms with Gasteiger partial charge in [0.25, 0.3) is 0 Å². The van der Waals surface area contributed by atoms with Gasteiger partial charge in [-0.3, -0.25) is 5.84 Å². The summed E-state index contributed by atoms with van der Waals surface area (Å²) in [4.78, 5) is 0. The van der Waals surface area contributed by atoms with Crippen LogP contribution in [-0.4, -0.2) is 18.6 Å². The van der Waals surface area contributed by atoms with Crippen molar-refractivity contribution in [2.24, 2.45) is 17.2 Å². The Hall–Kier alpha value is -0.0800. The SMILES string of the molecule is CC(CN(C)N)C(C)(C)C. The van der Waals surface area contributed by atoms with Gasteiger partial charge in [-0.25, -0.2) is 5.01 Å². The first-order valence-electron chi connectivity index (χ1n) is 3.80. The number of hydrazine groups is 1. The molecule has 0 aliphatic heterocycles. The zero-order valence-corrected chi connectivity index (χ0v) is 7.81. The van der Waals surface area contributed by atoms with Crippen molar-refractivity contribution in [2.45, 2.75) is 27.7 Å². The van der Waals surface area contributed by atoms with Gasteiger partial charge in [-0.05, 0) is 11.3 Å². The lowest BCUT2D eigenvalue weighted by Crippen LogP contribution is -2.35. The molecule has 0 aromatic carbocycles. The van der Waals surface area contributed by atoms with Crippen LogP contribution in [0.5, 0.6) is 0 Å². The molecule has 0 rings (SSSR count). The fraction of sp³-hybridized carbons (Fsp3) is 1.00. The van der Waals surface area contributed by atoms with Crippen molar-refractivity contribution in [3.8, 4) is 0 Å². The number of hydrogen-bond acceptors (Lipinski definition) is 2. The molecule has 0 aliphatic carbocycles. The molecule has 2 N–H and O–H groups in total. The average molecular weight is 144 g/mol. The zero-order valence-electron chi connectivity index (χ0n) is 7.81. The standard InChI is InChI=1S/C8H20N2/c1-7(6-10(5)9)8(2,3)4/h7H,6,9H2,1-5H3. The Morgan fingerprint density at radius 3 is 1.90 bits per heavy atom. The third kappa shape index (κ3) is 3.85. The van der Waals surface area contributed by atoms with Crippen LogP contribution in [-0.2, 0) is 0 Å².